The molecule has 1 aliphatic heterocycles. The Morgan fingerprint density at radius 2 is 1.88 bits per heavy atom. The Morgan fingerprint density at radius 1 is 1.12 bits per heavy atom. The minimum absolute atomic E-state index is 0.00719. The lowest BCUT2D eigenvalue weighted by Gasteiger charge is -2.37. The zero-order valence-electron chi connectivity index (χ0n) is 18.6. The molecule has 1 aliphatic carbocycles. The summed E-state index contributed by atoms with van der Waals surface area (Å²) in [6, 6.07) is 13.6. The Kier molecular flexibility index (Phi) is 7.08. The fourth-order valence-electron chi connectivity index (χ4n) is 4.88. The maximum Gasteiger partial charge on any atom is 0.226 e. The molecule has 1 heterocycles. The SMILES string of the molecule is CC1(O)CCC(N2CCC(Cc3ccc(OCc4cccc(CO)c4)cc3Cl)C2=O)CC1. The van der Waals surface area contributed by atoms with E-state index in [9.17, 15) is 15.0 Å². The van der Waals surface area contributed by atoms with Crippen LogP contribution in [0.4, 0.5) is 0 Å². The summed E-state index contributed by atoms with van der Waals surface area (Å²) < 4.78 is 5.87. The molecule has 1 saturated heterocycles. The van der Waals surface area contributed by atoms with Gasteiger partial charge in [0.25, 0.3) is 0 Å². The number of amides is 1. The highest BCUT2D eigenvalue weighted by Gasteiger charge is 2.39. The minimum Gasteiger partial charge on any atom is -0.489 e. The zero-order chi connectivity index (χ0) is 22.7. The van der Waals surface area contributed by atoms with Gasteiger partial charge in [-0.25, -0.2) is 0 Å². The molecule has 32 heavy (non-hydrogen) atoms. The van der Waals surface area contributed by atoms with Crippen LogP contribution in [-0.2, 0) is 24.4 Å². The molecule has 1 atom stereocenters. The molecule has 1 unspecified atom stereocenters. The quantitative estimate of drug-likeness (QED) is 0.642. The molecule has 172 valence electrons. The highest BCUT2D eigenvalue weighted by molar-refractivity contribution is 6.31. The van der Waals surface area contributed by atoms with E-state index in [2.05, 4.69) is 0 Å². The van der Waals surface area contributed by atoms with Crippen LogP contribution in [0.15, 0.2) is 42.5 Å². The number of carbonyl (C=O) groups is 1. The van der Waals surface area contributed by atoms with Crippen LogP contribution in [0, 0.1) is 5.92 Å². The topological polar surface area (TPSA) is 70.0 Å². The van der Waals surface area contributed by atoms with Gasteiger partial charge in [-0.15, -0.1) is 0 Å². The molecule has 0 radical (unpaired) electrons. The lowest BCUT2D eigenvalue weighted by Crippen LogP contribution is -2.43. The van der Waals surface area contributed by atoms with E-state index in [0.717, 1.165) is 55.3 Å². The van der Waals surface area contributed by atoms with Crippen molar-refractivity contribution in [3.8, 4) is 5.75 Å². The van der Waals surface area contributed by atoms with Gasteiger partial charge in [-0.2, -0.15) is 0 Å². The van der Waals surface area contributed by atoms with E-state index in [0.29, 0.717) is 23.8 Å². The minimum atomic E-state index is -0.586. The lowest BCUT2D eigenvalue weighted by atomic mass is 9.83. The molecule has 0 aromatic heterocycles. The van der Waals surface area contributed by atoms with Gasteiger partial charge in [-0.05, 0) is 74.3 Å². The molecular formula is C26H32ClNO4. The van der Waals surface area contributed by atoms with Crippen LogP contribution in [0.2, 0.25) is 5.02 Å². The maximum atomic E-state index is 13.0. The van der Waals surface area contributed by atoms with Crippen molar-refractivity contribution < 1.29 is 19.7 Å². The standard InChI is InChI=1S/C26H32ClNO4/c1-26(31)10-7-22(8-11-26)28-12-9-21(25(28)30)14-20-5-6-23(15-24(20)27)32-17-19-4-2-3-18(13-19)16-29/h2-6,13,15,21-22,29,31H,7-12,14,16-17H2,1H3. The first-order valence-corrected chi connectivity index (χ1v) is 11.9. The normalized spacial score (nSPS) is 25.9. The molecule has 0 bridgehead atoms. The third-order valence-corrected chi connectivity index (χ3v) is 7.25. The first-order chi connectivity index (χ1) is 15.3. The van der Waals surface area contributed by atoms with Crippen molar-refractivity contribution in [2.24, 2.45) is 5.92 Å². The van der Waals surface area contributed by atoms with Crippen LogP contribution in [0.5, 0.6) is 5.75 Å². The first kappa shape index (κ1) is 23.1. The van der Waals surface area contributed by atoms with Gasteiger partial charge in [-0.3, -0.25) is 4.79 Å². The molecule has 4 rings (SSSR count). The van der Waals surface area contributed by atoms with Gasteiger partial charge in [0.15, 0.2) is 0 Å². The van der Waals surface area contributed by atoms with Gasteiger partial charge in [0, 0.05) is 23.5 Å². The van der Waals surface area contributed by atoms with Gasteiger partial charge in [-0.1, -0.05) is 41.9 Å². The number of aliphatic hydroxyl groups excluding tert-OH is 1. The third-order valence-electron chi connectivity index (χ3n) is 6.89. The van der Waals surface area contributed by atoms with E-state index in [1.165, 1.54) is 0 Å². The second-order valence-electron chi connectivity index (χ2n) is 9.47. The Balaban J connectivity index is 1.33. The molecule has 2 aromatic rings. The number of benzene rings is 2. The van der Waals surface area contributed by atoms with Crippen molar-refractivity contribution in [1.82, 2.24) is 4.90 Å². The number of rotatable bonds is 7. The van der Waals surface area contributed by atoms with Crippen molar-refractivity contribution >= 4 is 17.5 Å². The predicted molar refractivity (Wildman–Crippen MR) is 125 cm³/mol. The van der Waals surface area contributed by atoms with E-state index < -0.39 is 5.60 Å². The number of likely N-dealkylation sites (tertiary alicyclic amines) is 1. The molecular weight excluding hydrogens is 426 g/mol. The average Bonchev–Trinajstić information content (AvgIpc) is 3.14. The van der Waals surface area contributed by atoms with Crippen molar-refractivity contribution in [3.63, 3.8) is 0 Å². The lowest BCUT2D eigenvalue weighted by molar-refractivity contribution is -0.134. The number of aliphatic hydroxyl groups is 2. The highest BCUT2D eigenvalue weighted by atomic mass is 35.5. The van der Waals surface area contributed by atoms with Crippen LogP contribution >= 0.6 is 11.6 Å². The third kappa shape index (κ3) is 5.45. The largest absolute Gasteiger partial charge is 0.489 e. The zero-order valence-corrected chi connectivity index (χ0v) is 19.4. The highest BCUT2D eigenvalue weighted by Crippen LogP contribution is 2.35. The van der Waals surface area contributed by atoms with Crippen LogP contribution in [-0.4, -0.2) is 39.2 Å². The van der Waals surface area contributed by atoms with Gasteiger partial charge in [0.1, 0.15) is 12.4 Å². The summed E-state index contributed by atoms with van der Waals surface area (Å²) in [5.41, 5.74) is 2.22. The molecule has 2 aromatic carbocycles. The number of halogens is 1. The van der Waals surface area contributed by atoms with Crippen LogP contribution in [0.3, 0.4) is 0 Å². The van der Waals surface area contributed by atoms with E-state index in [1.54, 1.807) is 0 Å². The van der Waals surface area contributed by atoms with Crippen molar-refractivity contribution in [2.45, 2.75) is 70.3 Å². The van der Waals surface area contributed by atoms with Gasteiger partial charge in [0.2, 0.25) is 5.91 Å². The second-order valence-corrected chi connectivity index (χ2v) is 9.88. The summed E-state index contributed by atoms with van der Waals surface area (Å²) in [5.74, 6) is 0.862. The smallest absolute Gasteiger partial charge is 0.226 e. The van der Waals surface area contributed by atoms with Crippen LogP contribution < -0.4 is 4.74 Å². The maximum absolute atomic E-state index is 13.0. The average molecular weight is 458 g/mol. The summed E-state index contributed by atoms with van der Waals surface area (Å²) in [4.78, 5) is 15.1. The number of carbonyl (C=O) groups excluding carboxylic acids is 1. The first-order valence-electron chi connectivity index (χ1n) is 11.5. The fourth-order valence-corrected chi connectivity index (χ4v) is 5.13. The fraction of sp³-hybridized carbons (Fsp3) is 0.500. The number of ether oxygens (including phenoxy) is 1. The number of nitrogens with zero attached hydrogens (tertiary/aromatic N) is 1. The molecule has 0 spiro atoms. The van der Waals surface area contributed by atoms with Gasteiger partial charge >= 0.3 is 0 Å². The van der Waals surface area contributed by atoms with E-state index >= 15 is 0 Å². The molecule has 2 fully saturated rings. The van der Waals surface area contributed by atoms with Crippen molar-refractivity contribution in [1.29, 1.82) is 0 Å². The van der Waals surface area contributed by atoms with Gasteiger partial charge in [0.05, 0.1) is 12.2 Å². The number of hydrogen-bond acceptors (Lipinski definition) is 4. The summed E-state index contributed by atoms with van der Waals surface area (Å²) in [7, 11) is 0. The molecule has 1 saturated carbocycles. The Labute approximate surface area is 195 Å². The summed E-state index contributed by atoms with van der Waals surface area (Å²) in [6.45, 7) is 3.09. The van der Waals surface area contributed by atoms with Crippen molar-refractivity contribution in [2.75, 3.05) is 6.54 Å². The monoisotopic (exact) mass is 457 g/mol. The predicted octanol–water partition coefficient (Wildman–Crippen LogP) is 4.50. The Morgan fingerprint density at radius 3 is 2.59 bits per heavy atom. The van der Waals surface area contributed by atoms with Crippen LogP contribution in [0.1, 0.15) is 55.7 Å². The van der Waals surface area contributed by atoms with E-state index in [-0.39, 0.29) is 24.5 Å². The van der Waals surface area contributed by atoms with Crippen LogP contribution in [0.25, 0.3) is 0 Å². The molecule has 1 amide bonds. The molecule has 5 nitrogen and oxygen atoms in total. The summed E-state index contributed by atoms with van der Waals surface area (Å²) in [6.07, 6.45) is 4.74. The van der Waals surface area contributed by atoms with E-state index in [4.69, 9.17) is 16.3 Å². The summed E-state index contributed by atoms with van der Waals surface area (Å²) >= 11 is 6.54. The van der Waals surface area contributed by atoms with Gasteiger partial charge < -0.3 is 19.8 Å². The Hall–Kier alpha value is -2.08. The number of hydrogen-bond donors (Lipinski definition) is 2. The molecule has 2 aliphatic rings. The molecule has 2 N–H and O–H groups in total. The second kappa shape index (κ2) is 9.82. The summed E-state index contributed by atoms with van der Waals surface area (Å²) in [5, 5.41) is 20.1. The Bertz CT molecular complexity index is 951. The van der Waals surface area contributed by atoms with Crippen molar-refractivity contribution in [3.05, 3.63) is 64.2 Å². The van der Waals surface area contributed by atoms with E-state index in [1.807, 2.05) is 54.3 Å². The molecule has 6 heteroatoms.